The molecule has 0 saturated heterocycles. The summed E-state index contributed by atoms with van der Waals surface area (Å²) in [6, 6.07) is 19.5. The van der Waals surface area contributed by atoms with Crippen LogP contribution in [0.25, 0.3) is 22.4 Å². The number of rotatable bonds is 3. The Morgan fingerprint density at radius 1 is 0.808 bits per heavy atom. The summed E-state index contributed by atoms with van der Waals surface area (Å²) in [4.78, 5) is 7.73. The van der Waals surface area contributed by atoms with Crippen LogP contribution in [0.5, 0.6) is 11.5 Å². The van der Waals surface area contributed by atoms with Crippen LogP contribution in [0.15, 0.2) is 72.8 Å². The summed E-state index contributed by atoms with van der Waals surface area (Å²) in [5.41, 5.74) is 1.78. The molecule has 1 aromatic heterocycles. The molecule has 3 aromatic carbocycles. The van der Waals surface area contributed by atoms with E-state index in [9.17, 15) is 13.2 Å². The van der Waals surface area contributed by atoms with E-state index in [0.29, 0.717) is 11.6 Å². The maximum Gasteiger partial charge on any atom is 0.416 e. The standard InChI is InChI=1S/C20H13F3N2O/c21-20(22,23)14-6-4-8-16(12-14)26-15-7-3-5-13(11-15)19-24-17-9-1-2-10-18(17)25-19/h1-12H,(H,24,25). The fraction of sp³-hybridized carbons (Fsp3) is 0.0500. The van der Waals surface area contributed by atoms with Gasteiger partial charge in [0, 0.05) is 5.56 Å². The molecule has 1 heterocycles. The number of nitrogens with zero attached hydrogens (tertiary/aromatic N) is 1. The number of imidazole rings is 1. The molecular weight excluding hydrogens is 341 g/mol. The topological polar surface area (TPSA) is 37.9 Å². The summed E-state index contributed by atoms with van der Waals surface area (Å²) in [7, 11) is 0. The second-order valence-corrected chi connectivity index (χ2v) is 5.76. The molecule has 1 N–H and O–H groups in total. The summed E-state index contributed by atoms with van der Waals surface area (Å²) < 4.78 is 44.1. The Bertz CT molecular complexity index is 1040. The van der Waals surface area contributed by atoms with Crippen LogP contribution >= 0.6 is 0 Å². The third-order valence-electron chi connectivity index (χ3n) is 3.89. The van der Waals surface area contributed by atoms with Crippen molar-refractivity contribution in [1.82, 2.24) is 9.97 Å². The van der Waals surface area contributed by atoms with E-state index in [4.69, 9.17) is 4.74 Å². The highest BCUT2D eigenvalue weighted by atomic mass is 19.4. The molecule has 4 rings (SSSR count). The molecule has 130 valence electrons. The summed E-state index contributed by atoms with van der Waals surface area (Å²) in [5, 5.41) is 0. The van der Waals surface area contributed by atoms with Gasteiger partial charge >= 0.3 is 6.18 Å². The lowest BCUT2D eigenvalue weighted by molar-refractivity contribution is -0.137. The molecule has 4 aromatic rings. The highest BCUT2D eigenvalue weighted by Gasteiger charge is 2.30. The Balaban J connectivity index is 1.64. The fourth-order valence-corrected chi connectivity index (χ4v) is 2.67. The molecule has 0 amide bonds. The molecule has 0 aliphatic carbocycles. The molecule has 0 unspecified atom stereocenters. The highest BCUT2D eigenvalue weighted by Crippen LogP contribution is 2.33. The van der Waals surface area contributed by atoms with Gasteiger partial charge in [-0.15, -0.1) is 0 Å². The second kappa shape index (κ2) is 6.22. The van der Waals surface area contributed by atoms with Crippen molar-refractivity contribution in [3.8, 4) is 22.9 Å². The number of hydrogen-bond acceptors (Lipinski definition) is 2. The van der Waals surface area contributed by atoms with Gasteiger partial charge in [0.25, 0.3) is 0 Å². The molecule has 0 aliphatic rings. The van der Waals surface area contributed by atoms with Crippen LogP contribution in [0, 0.1) is 0 Å². The van der Waals surface area contributed by atoms with E-state index in [1.165, 1.54) is 12.1 Å². The van der Waals surface area contributed by atoms with Gasteiger partial charge in [-0.3, -0.25) is 0 Å². The van der Waals surface area contributed by atoms with Gasteiger partial charge in [0.05, 0.1) is 16.6 Å². The smallest absolute Gasteiger partial charge is 0.416 e. The van der Waals surface area contributed by atoms with Crippen molar-refractivity contribution in [1.29, 1.82) is 0 Å². The number of H-pyrrole nitrogens is 1. The van der Waals surface area contributed by atoms with Crippen molar-refractivity contribution in [3.05, 3.63) is 78.4 Å². The molecule has 26 heavy (non-hydrogen) atoms. The summed E-state index contributed by atoms with van der Waals surface area (Å²) >= 11 is 0. The van der Waals surface area contributed by atoms with Crippen molar-refractivity contribution in [2.45, 2.75) is 6.18 Å². The van der Waals surface area contributed by atoms with Crippen LogP contribution in [0.1, 0.15) is 5.56 Å². The van der Waals surface area contributed by atoms with Crippen LogP contribution in [-0.2, 0) is 6.18 Å². The number of halogens is 3. The first-order chi connectivity index (χ1) is 12.5. The number of alkyl halides is 3. The number of para-hydroxylation sites is 2. The van der Waals surface area contributed by atoms with Crippen LogP contribution in [0.2, 0.25) is 0 Å². The summed E-state index contributed by atoms with van der Waals surface area (Å²) in [5.74, 6) is 1.23. The molecule has 0 saturated carbocycles. The van der Waals surface area contributed by atoms with Gasteiger partial charge in [0.2, 0.25) is 0 Å². The van der Waals surface area contributed by atoms with E-state index in [2.05, 4.69) is 9.97 Å². The normalized spacial score (nSPS) is 11.7. The molecule has 0 aliphatic heterocycles. The van der Waals surface area contributed by atoms with E-state index in [-0.39, 0.29) is 5.75 Å². The van der Waals surface area contributed by atoms with Gasteiger partial charge < -0.3 is 9.72 Å². The molecule has 3 nitrogen and oxygen atoms in total. The number of aromatic nitrogens is 2. The lowest BCUT2D eigenvalue weighted by atomic mass is 10.2. The average Bonchev–Trinajstić information content (AvgIpc) is 3.06. The third kappa shape index (κ3) is 3.26. The molecular formula is C20H13F3N2O. The number of fused-ring (bicyclic) bond motifs is 1. The number of ether oxygens (including phenoxy) is 1. The van der Waals surface area contributed by atoms with E-state index in [1.807, 2.05) is 30.3 Å². The predicted octanol–water partition coefficient (Wildman–Crippen LogP) is 6.04. The molecule has 0 atom stereocenters. The van der Waals surface area contributed by atoms with E-state index in [0.717, 1.165) is 28.7 Å². The van der Waals surface area contributed by atoms with Crippen LogP contribution in [0.3, 0.4) is 0 Å². The van der Waals surface area contributed by atoms with Gasteiger partial charge in [-0.2, -0.15) is 13.2 Å². The lowest BCUT2D eigenvalue weighted by Crippen LogP contribution is -2.04. The highest BCUT2D eigenvalue weighted by molar-refractivity contribution is 5.79. The minimum Gasteiger partial charge on any atom is -0.457 e. The maximum absolute atomic E-state index is 12.8. The van der Waals surface area contributed by atoms with Gasteiger partial charge in [0.15, 0.2) is 0 Å². The lowest BCUT2D eigenvalue weighted by Gasteiger charge is -2.10. The third-order valence-corrected chi connectivity index (χ3v) is 3.89. The minimum absolute atomic E-state index is 0.126. The number of benzene rings is 3. The first-order valence-electron chi connectivity index (χ1n) is 7.89. The minimum atomic E-state index is -4.41. The first kappa shape index (κ1) is 16.2. The quantitative estimate of drug-likeness (QED) is 0.487. The van der Waals surface area contributed by atoms with Crippen molar-refractivity contribution >= 4 is 11.0 Å². The Hall–Kier alpha value is -3.28. The van der Waals surface area contributed by atoms with Crippen molar-refractivity contribution in [3.63, 3.8) is 0 Å². The van der Waals surface area contributed by atoms with E-state index >= 15 is 0 Å². The van der Waals surface area contributed by atoms with Gasteiger partial charge in [-0.05, 0) is 42.5 Å². The summed E-state index contributed by atoms with van der Waals surface area (Å²) in [6.07, 6.45) is -4.41. The Kier molecular flexibility index (Phi) is 3.88. The van der Waals surface area contributed by atoms with Crippen molar-refractivity contribution in [2.75, 3.05) is 0 Å². The fourth-order valence-electron chi connectivity index (χ4n) is 2.67. The largest absolute Gasteiger partial charge is 0.457 e. The van der Waals surface area contributed by atoms with Crippen LogP contribution in [-0.4, -0.2) is 9.97 Å². The Morgan fingerprint density at radius 2 is 1.54 bits per heavy atom. The Labute approximate surface area is 147 Å². The maximum atomic E-state index is 12.8. The number of nitrogens with one attached hydrogen (secondary N) is 1. The van der Waals surface area contributed by atoms with Gasteiger partial charge in [-0.1, -0.05) is 30.3 Å². The number of aromatic amines is 1. The Morgan fingerprint density at radius 3 is 2.31 bits per heavy atom. The molecule has 0 radical (unpaired) electrons. The van der Waals surface area contributed by atoms with Gasteiger partial charge in [0.1, 0.15) is 17.3 Å². The van der Waals surface area contributed by atoms with E-state index < -0.39 is 11.7 Å². The molecule has 6 heteroatoms. The molecule has 0 bridgehead atoms. The van der Waals surface area contributed by atoms with Crippen LogP contribution < -0.4 is 4.74 Å². The zero-order chi connectivity index (χ0) is 18.1. The average molecular weight is 354 g/mol. The summed E-state index contributed by atoms with van der Waals surface area (Å²) in [6.45, 7) is 0. The predicted molar refractivity (Wildman–Crippen MR) is 93.0 cm³/mol. The number of hydrogen-bond donors (Lipinski definition) is 1. The first-order valence-corrected chi connectivity index (χ1v) is 7.89. The van der Waals surface area contributed by atoms with Crippen molar-refractivity contribution < 1.29 is 17.9 Å². The van der Waals surface area contributed by atoms with Crippen molar-refractivity contribution in [2.24, 2.45) is 0 Å². The van der Waals surface area contributed by atoms with Gasteiger partial charge in [-0.25, -0.2) is 4.98 Å². The van der Waals surface area contributed by atoms with Crippen LogP contribution in [0.4, 0.5) is 13.2 Å². The van der Waals surface area contributed by atoms with E-state index in [1.54, 1.807) is 18.2 Å². The zero-order valence-electron chi connectivity index (χ0n) is 13.4. The molecule has 0 spiro atoms. The SMILES string of the molecule is FC(F)(F)c1cccc(Oc2cccc(-c3nc4ccccc4[nH]3)c2)c1. The molecule has 0 fully saturated rings. The zero-order valence-corrected chi connectivity index (χ0v) is 13.4. The monoisotopic (exact) mass is 354 g/mol. The second-order valence-electron chi connectivity index (χ2n) is 5.76.